The van der Waals surface area contributed by atoms with Crippen LogP contribution in [0, 0.1) is 5.82 Å². The van der Waals surface area contributed by atoms with Crippen molar-refractivity contribution in [3.05, 3.63) is 40.7 Å². The molecule has 0 aliphatic rings. The molecule has 0 saturated carbocycles. The van der Waals surface area contributed by atoms with E-state index in [0.717, 1.165) is 15.6 Å². The Morgan fingerprint density at radius 3 is 2.63 bits per heavy atom. The molecule has 0 unspecified atom stereocenters. The molecule has 102 valence electrons. The summed E-state index contributed by atoms with van der Waals surface area (Å²) in [4.78, 5) is 3.70. The topological polar surface area (TPSA) is 50.3 Å². The van der Waals surface area contributed by atoms with E-state index in [2.05, 4.69) is 4.98 Å². The summed E-state index contributed by atoms with van der Waals surface area (Å²) in [5.74, 6) is -0.594. The predicted molar refractivity (Wildman–Crippen MR) is 73.7 cm³/mol. The van der Waals surface area contributed by atoms with Gasteiger partial charge in [-0.2, -0.15) is 0 Å². The van der Waals surface area contributed by atoms with Crippen molar-refractivity contribution in [2.24, 2.45) is 0 Å². The molecule has 8 heteroatoms. The second-order valence-electron chi connectivity index (χ2n) is 3.55. The number of thiazole rings is 1. The molecular formula is C11H10ClFN2O2S2. The molecule has 0 saturated heterocycles. The summed E-state index contributed by atoms with van der Waals surface area (Å²) >= 11 is 6.48. The van der Waals surface area contributed by atoms with Crippen LogP contribution in [0.2, 0.25) is 4.47 Å². The van der Waals surface area contributed by atoms with Crippen LogP contribution < -0.4 is 4.31 Å². The van der Waals surface area contributed by atoms with E-state index < -0.39 is 15.8 Å². The molecule has 2 rings (SSSR count). The van der Waals surface area contributed by atoms with Gasteiger partial charge in [0.1, 0.15) is 5.82 Å². The van der Waals surface area contributed by atoms with Gasteiger partial charge in [0.2, 0.25) is 0 Å². The highest BCUT2D eigenvalue weighted by Crippen LogP contribution is 2.30. The van der Waals surface area contributed by atoms with Crippen LogP contribution in [0.4, 0.5) is 10.1 Å². The van der Waals surface area contributed by atoms with Crippen molar-refractivity contribution < 1.29 is 12.8 Å². The van der Waals surface area contributed by atoms with Crippen LogP contribution in [0.25, 0.3) is 0 Å². The smallest absolute Gasteiger partial charge is 0.263 e. The second-order valence-corrected chi connectivity index (χ2v) is 7.26. The molecule has 0 fully saturated rings. The Bertz CT molecular complexity index is 688. The lowest BCUT2D eigenvalue weighted by Gasteiger charge is -2.22. The third-order valence-corrected chi connectivity index (χ3v) is 5.85. The fourth-order valence-corrected chi connectivity index (χ4v) is 4.48. The maximum atomic E-state index is 13.7. The van der Waals surface area contributed by atoms with Gasteiger partial charge in [0, 0.05) is 6.54 Å². The summed E-state index contributed by atoms with van der Waals surface area (Å²) in [6.07, 6.45) is 1.17. The van der Waals surface area contributed by atoms with Gasteiger partial charge in [0.05, 0.1) is 11.9 Å². The first kappa shape index (κ1) is 14.2. The molecule has 0 atom stereocenters. The van der Waals surface area contributed by atoms with Gasteiger partial charge in [-0.15, -0.1) is 0 Å². The van der Waals surface area contributed by atoms with Gasteiger partial charge in [-0.3, -0.25) is 4.31 Å². The van der Waals surface area contributed by atoms with Gasteiger partial charge < -0.3 is 0 Å². The van der Waals surface area contributed by atoms with Crippen LogP contribution in [0.1, 0.15) is 6.92 Å². The maximum Gasteiger partial charge on any atom is 0.275 e. The number of rotatable bonds is 4. The van der Waals surface area contributed by atoms with E-state index in [1.54, 1.807) is 13.0 Å². The zero-order valence-electron chi connectivity index (χ0n) is 9.88. The zero-order chi connectivity index (χ0) is 14.0. The molecule has 1 heterocycles. The molecule has 0 spiro atoms. The van der Waals surface area contributed by atoms with Crippen LogP contribution in [-0.2, 0) is 10.0 Å². The van der Waals surface area contributed by atoms with Crippen molar-refractivity contribution >= 4 is 38.6 Å². The van der Waals surface area contributed by atoms with E-state index in [0.29, 0.717) is 0 Å². The zero-order valence-corrected chi connectivity index (χ0v) is 12.3. The lowest BCUT2D eigenvalue weighted by atomic mass is 10.3. The van der Waals surface area contributed by atoms with E-state index in [4.69, 9.17) is 11.6 Å². The van der Waals surface area contributed by atoms with Gasteiger partial charge in [0.25, 0.3) is 10.0 Å². The number of aromatic nitrogens is 1. The van der Waals surface area contributed by atoms with E-state index in [1.165, 1.54) is 24.4 Å². The van der Waals surface area contributed by atoms with Crippen LogP contribution in [0.3, 0.4) is 0 Å². The second kappa shape index (κ2) is 5.44. The van der Waals surface area contributed by atoms with Gasteiger partial charge >= 0.3 is 0 Å². The number of halogens is 2. The first-order valence-corrected chi connectivity index (χ1v) is 7.99. The minimum absolute atomic E-state index is 0.00882. The Labute approximate surface area is 119 Å². The van der Waals surface area contributed by atoms with E-state index >= 15 is 0 Å². The summed E-state index contributed by atoms with van der Waals surface area (Å²) in [7, 11) is -3.84. The number of hydrogen-bond donors (Lipinski definition) is 0. The van der Waals surface area contributed by atoms with Gasteiger partial charge in [-0.05, 0) is 19.1 Å². The molecule has 0 amide bonds. The summed E-state index contributed by atoms with van der Waals surface area (Å²) in [5, 5.41) is 0. The molecule has 0 aliphatic heterocycles. The Hall–Kier alpha value is -1.18. The number of nitrogens with zero attached hydrogens (tertiary/aromatic N) is 2. The fraction of sp³-hybridized carbons (Fsp3) is 0.182. The molecule has 2 aromatic rings. The molecule has 0 N–H and O–H groups in total. The Morgan fingerprint density at radius 1 is 1.42 bits per heavy atom. The number of sulfonamides is 1. The third-order valence-electron chi connectivity index (χ3n) is 2.41. The minimum Gasteiger partial charge on any atom is -0.263 e. The molecule has 0 radical (unpaired) electrons. The number of benzene rings is 1. The molecule has 1 aromatic carbocycles. The van der Waals surface area contributed by atoms with Crippen molar-refractivity contribution in [2.45, 2.75) is 11.1 Å². The van der Waals surface area contributed by atoms with E-state index in [1.807, 2.05) is 0 Å². The Morgan fingerprint density at radius 2 is 2.11 bits per heavy atom. The molecule has 0 aliphatic carbocycles. The van der Waals surface area contributed by atoms with Gasteiger partial charge in [-0.25, -0.2) is 17.8 Å². The monoisotopic (exact) mass is 320 g/mol. The third kappa shape index (κ3) is 2.72. The van der Waals surface area contributed by atoms with Gasteiger partial charge in [0.15, 0.2) is 8.68 Å². The summed E-state index contributed by atoms with van der Waals surface area (Å²) < 4.78 is 39.6. The standard InChI is InChI=1S/C11H10ClFN2O2S2/c1-2-15(9-6-4-3-5-8(9)13)19(16,17)10-7-14-11(12)18-10/h3-7H,2H2,1H3. The highest BCUT2D eigenvalue weighted by Gasteiger charge is 2.27. The lowest BCUT2D eigenvalue weighted by molar-refractivity contribution is 0.588. The first-order valence-electron chi connectivity index (χ1n) is 5.35. The Balaban J connectivity index is 2.51. The van der Waals surface area contributed by atoms with E-state index in [9.17, 15) is 12.8 Å². The average Bonchev–Trinajstić information content (AvgIpc) is 2.80. The van der Waals surface area contributed by atoms with Crippen molar-refractivity contribution in [1.82, 2.24) is 4.98 Å². The maximum absolute atomic E-state index is 13.7. The minimum atomic E-state index is -3.84. The number of hydrogen-bond acceptors (Lipinski definition) is 4. The highest BCUT2D eigenvalue weighted by atomic mass is 35.5. The van der Waals surface area contributed by atoms with Crippen LogP contribution in [-0.4, -0.2) is 19.9 Å². The lowest BCUT2D eigenvalue weighted by Crippen LogP contribution is -2.30. The molecule has 1 aromatic heterocycles. The largest absolute Gasteiger partial charge is 0.275 e. The SMILES string of the molecule is CCN(c1ccccc1F)S(=O)(=O)c1cnc(Cl)s1. The molecule has 19 heavy (non-hydrogen) atoms. The summed E-state index contributed by atoms with van der Waals surface area (Å²) in [6.45, 7) is 1.74. The van der Waals surface area contributed by atoms with Crippen molar-refractivity contribution in [3.8, 4) is 0 Å². The van der Waals surface area contributed by atoms with Gasteiger partial charge in [-0.1, -0.05) is 35.1 Å². The quantitative estimate of drug-likeness (QED) is 0.869. The fourth-order valence-electron chi connectivity index (χ4n) is 1.59. The average molecular weight is 321 g/mol. The normalized spacial score (nSPS) is 11.5. The predicted octanol–water partition coefficient (Wildman–Crippen LogP) is 3.15. The molecule has 0 bridgehead atoms. The molecule has 4 nitrogen and oxygen atoms in total. The highest BCUT2D eigenvalue weighted by molar-refractivity contribution is 7.94. The number of para-hydroxylation sites is 1. The number of anilines is 1. The summed E-state index contributed by atoms with van der Waals surface area (Å²) in [6, 6.07) is 5.71. The Kier molecular flexibility index (Phi) is 4.07. The first-order chi connectivity index (χ1) is 8.96. The van der Waals surface area contributed by atoms with Crippen LogP contribution >= 0.6 is 22.9 Å². The van der Waals surface area contributed by atoms with E-state index in [-0.39, 0.29) is 20.9 Å². The van der Waals surface area contributed by atoms with Crippen molar-refractivity contribution in [2.75, 3.05) is 10.8 Å². The van der Waals surface area contributed by atoms with Crippen molar-refractivity contribution in [3.63, 3.8) is 0 Å². The van der Waals surface area contributed by atoms with Crippen LogP contribution in [0.15, 0.2) is 34.7 Å². The van der Waals surface area contributed by atoms with Crippen molar-refractivity contribution in [1.29, 1.82) is 0 Å². The molecular weight excluding hydrogens is 311 g/mol. The summed E-state index contributed by atoms with van der Waals surface area (Å²) in [5.41, 5.74) is 0.00882. The van der Waals surface area contributed by atoms with Crippen LogP contribution in [0.5, 0.6) is 0 Å².